The lowest BCUT2D eigenvalue weighted by Crippen LogP contribution is -2.36. The van der Waals surface area contributed by atoms with Gasteiger partial charge in [0.25, 0.3) is 11.8 Å². The van der Waals surface area contributed by atoms with Crippen LogP contribution in [0, 0.1) is 5.82 Å². The van der Waals surface area contributed by atoms with Crippen LogP contribution < -0.4 is 10.6 Å². The molecule has 2 amide bonds. The van der Waals surface area contributed by atoms with Gasteiger partial charge >= 0.3 is 12.1 Å². The minimum Gasteiger partial charge on any atom is -0.451 e. The molecule has 0 aromatic heterocycles. The summed E-state index contributed by atoms with van der Waals surface area (Å²) in [5.74, 6) is -3.19. The van der Waals surface area contributed by atoms with E-state index in [0.717, 1.165) is 30.3 Å². The fourth-order valence-electron chi connectivity index (χ4n) is 2.15. The molecule has 0 aliphatic rings. The van der Waals surface area contributed by atoms with E-state index >= 15 is 0 Å². The van der Waals surface area contributed by atoms with E-state index in [-0.39, 0.29) is 11.3 Å². The largest absolute Gasteiger partial charge is 0.451 e. The first kappa shape index (κ1) is 21.9. The van der Waals surface area contributed by atoms with Gasteiger partial charge in [0.05, 0.1) is 11.3 Å². The molecule has 0 heterocycles. The van der Waals surface area contributed by atoms with Crippen LogP contribution >= 0.6 is 0 Å². The highest BCUT2D eigenvalue weighted by Crippen LogP contribution is 2.29. The topological polar surface area (TPSA) is 84.5 Å². The highest BCUT2D eigenvalue weighted by molar-refractivity contribution is 5.97. The first-order chi connectivity index (χ1) is 13.6. The summed E-state index contributed by atoms with van der Waals surface area (Å²) in [6.45, 7) is 0.642. The number of esters is 1. The van der Waals surface area contributed by atoms with Crippen molar-refractivity contribution >= 4 is 23.5 Å². The first-order valence-corrected chi connectivity index (χ1v) is 8.28. The van der Waals surface area contributed by atoms with Gasteiger partial charge in [0.2, 0.25) is 0 Å². The third-order valence-electron chi connectivity index (χ3n) is 3.68. The summed E-state index contributed by atoms with van der Waals surface area (Å²) in [6.07, 6.45) is -5.80. The number of nitrogens with one attached hydrogen (secondary N) is 2. The molecule has 6 nitrogen and oxygen atoms in total. The molecule has 154 valence electrons. The summed E-state index contributed by atoms with van der Waals surface area (Å²) in [7, 11) is 0. The molecule has 0 saturated heterocycles. The van der Waals surface area contributed by atoms with Crippen LogP contribution in [0.5, 0.6) is 0 Å². The zero-order valence-corrected chi connectivity index (χ0v) is 15.0. The zero-order valence-electron chi connectivity index (χ0n) is 15.0. The molecule has 2 aromatic carbocycles. The summed E-state index contributed by atoms with van der Waals surface area (Å²) in [5.41, 5.74) is -1.09. The van der Waals surface area contributed by atoms with E-state index in [4.69, 9.17) is 4.74 Å². The molecule has 0 radical (unpaired) electrons. The molecule has 2 aromatic rings. The maximum atomic E-state index is 13.5. The number of rotatable bonds is 6. The average Bonchev–Trinajstić information content (AvgIpc) is 2.67. The summed E-state index contributed by atoms with van der Waals surface area (Å²) < 4.78 is 55.9. The normalized spacial score (nSPS) is 12.0. The van der Waals surface area contributed by atoms with Gasteiger partial charge in [-0.3, -0.25) is 14.4 Å². The maximum Gasteiger partial charge on any atom is 0.416 e. The summed E-state index contributed by atoms with van der Waals surface area (Å²) in [4.78, 5) is 35.6. The molecule has 2 N–H and O–H groups in total. The Bertz CT molecular complexity index is 898. The third kappa shape index (κ3) is 6.30. The number of ether oxygens (including phenoxy) is 1. The smallest absolute Gasteiger partial charge is 0.416 e. The average molecular weight is 412 g/mol. The van der Waals surface area contributed by atoms with Crippen molar-refractivity contribution < 1.29 is 36.7 Å². The van der Waals surface area contributed by atoms with E-state index in [1.165, 1.54) is 25.1 Å². The molecular formula is C19H16F4N2O4. The van der Waals surface area contributed by atoms with Crippen molar-refractivity contribution in [2.75, 3.05) is 11.9 Å². The molecule has 0 bridgehead atoms. The number of carbonyl (C=O) groups is 3. The molecule has 0 spiro atoms. The Hall–Kier alpha value is -3.43. The van der Waals surface area contributed by atoms with Crippen molar-refractivity contribution in [3.63, 3.8) is 0 Å². The van der Waals surface area contributed by atoms with E-state index in [9.17, 15) is 31.9 Å². The molecule has 29 heavy (non-hydrogen) atoms. The molecule has 0 aliphatic carbocycles. The Morgan fingerprint density at radius 3 is 2.24 bits per heavy atom. The SMILES string of the molecule is C[C@H](OC(=O)CNC(=O)c1ccc(C(F)(F)F)cc1)C(=O)Nc1ccccc1F. The van der Waals surface area contributed by atoms with Crippen LogP contribution in [0.4, 0.5) is 23.2 Å². The van der Waals surface area contributed by atoms with Gasteiger partial charge in [0, 0.05) is 5.56 Å². The Kier molecular flexibility index (Phi) is 6.92. The summed E-state index contributed by atoms with van der Waals surface area (Å²) in [5, 5.41) is 4.43. The Labute approximate surface area is 162 Å². The number of carbonyl (C=O) groups excluding carboxylic acids is 3. The molecule has 0 fully saturated rings. The quantitative estimate of drug-likeness (QED) is 0.564. The van der Waals surface area contributed by atoms with Crippen LogP contribution in [0.2, 0.25) is 0 Å². The molecule has 1 atom stereocenters. The van der Waals surface area contributed by atoms with Crippen LogP contribution in [-0.2, 0) is 20.5 Å². The number of hydrogen-bond donors (Lipinski definition) is 2. The second kappa shape index (κ2) is 9.18. The van der Waals surface area contributed by atoms with Gasteiger partial charge in [0.1, 0.15) is 12.4 Å². The highest BCUT2D eigenvalue weighted by Gasteiger charge is 2.30. The molecular weight excluding hydrogens is 396 g/mol. The lowest BCUT2D eigenvalue weighted by atomic mass is 10.1. The summed E-state index contributed by atoms with van der Waals surface area (Å²) >= 11 is 0. The van der Waals surface area contributed by atoms with Crippen molar-refractivity contribution in [3.05, 3.63) is 65.5 Å². The van der Waals surface area contributed by atoms with Gasteiger partial charge in [0.15, 0.2) is 6.10 Å². The van der Waals surface area contributed by atoms with E-state index in [1.54, 1.807) is 0 Å². The molecule has 0 unspecified atom stereocenters. The second-order valence-corrected chi connectivity index (χ2v) is 5.86. The number of alkyl halides is 3. The Morgan fingerprint density at radius 1 is 1.03 bits per heavy atom. The standard InChI is InChI=1S/C19H16F4N2O4/c1-11(17(27)25-15-5-3-2-4-14(15)20)29-16(26)10-24-18(28)12-6-8-13(9-7-12)19(21,22)23/h2-9,11H,10H2,1H3,(H,24,28)(H,25,27)/t11-/m0/s1. The van der Waals surface area contributed by atoms with Crippen LogP contribution in [0.15, 0.2) is 48.5 Å². The Morgan fingerprint density at radius 2 is 1.66 bits per heavy atom. The number of halogens is 4. The number of anilines is 1. The number of amides is 2. The highest BCUT2D eigenvalue weighted by atomic mass is 19.4. The van der Waals surface area contributed by atoms with Crippen LogP contribution in [0.1, 0.15) is 22.8 Å². The van der Waals surface area contributed by atoms with Gasteiger partial charge in [-0.25, -0.2) is 4.39 Å². The number of para-hydroxylation sites is 1. The lowest BCUT2D eigenvalue weighted by Gasteiger charge is -2.14. The van der Waals surface area contributed by atoms with Gasteiger partial charge < -0.3 is 15.4 Å². The summed E-state index contributed by atoms with van der Waals surface area (Å²) in [6, 6.07) is 8.82. The molecule has 10 heteroatoms. The molecule has 0 saturated carbocycles. The van der Waals surface area contributed by atoms with Crippen molar-refractivity contribution in [2.45, 2.75) is 19.2 Å². The van der Waals surface area contributed by atoms with Crippen molar-refractivity contribution in [3.8, 4) is 0 Å². The monoisotopic (exact) mass is 412 g/mol. The van der Waals surface area contributed by atoms with Gasteiger partial charge in [-0.05, 0) is 43.3 Å². The van der Waals surface area contributed by atoms with Crippen molar-refractivity contribution in [2.24, 2.45) is 0 Å². The van der Waals surface area contributed by atoms with Crippen LogP contribution in [0.25, 0.3) is 0 Å². The molecule has 2 rings (SSSR count). The van der Waals surface area contributed by atoms with E-state index < -0.39 is 48.0 Å². The first-order valence-electron chi connectivity index (χ1n) is 8.28. The molecule has 0 aliphatic heterocycles. The van der Waals surface area contributed by atoms with Gasteiger partial charge in [-0.1, -0.05) is 12.1 Å². The van der Waals surface area contributed by atoms with Crippen LogP contribution in [0.3, 0.4) is 0 Å². The van der Waals surface area contributed by atoms with Gasteiger partial charge in [-0.2, -0.15) is 13.2 Å². The number of hydrogen-bond acceptors (Lipinski definition) is 4. The predicted octanol–water partition coefficient (Wildman–Crippen LogP) is 3.14. The lowest BCUT2D eigenvalue weighted by molar-refractivity contribution is -0.152. The maximum absolute atomic E-state index is 13.5. The van der Waals surface area contributed by atoms with E-state index in [2.05, 4.69) is 10.6 Å². The fourth-order valence-corrected chi connectivity index (χ4v) is 2.15. The second-order valence-electron chi connectivity index (χ2n) is 5.86. The van der Waals surface area contributed by atoms with Crippen molar-refractivity contribution in [1.29, 1.82) is 0 Å². The third-order valence-corrected chi connectivity index (χ3v) is 3.68. The minimum atomic E-state index is -4.53. The Balaban J connectivity index is 1.83. The van der Waals surface area contributed by atoms with Gasteiger partial charge in [-0.15, -0.1) is 0 Å². The van der Waals surface area contributed by atoms with Crippen LogP contribution in [-0.4, -0.2) is 30.4 Å². The van der Waals surface area contributed by atoms with E-state index in [0.29, 0.717) is 0 Å². The van der Waals surface area contributed by atoms with Crippen molar-refractivity contribution in [1.82, 2.24) is 5.32 Å². The fraction of sp³-hybridized carbons (Fsp3) is 0.211. The van der Waals surface area contributed by atoms with E-state index in [1.807, 2.05) is 0 Å². The minimum absolute atomic E-state index is 0.0869. The predicted molar refractivity (Wildman–Crippen MR) is 94.4 cm³/mol. The zero-order chi connectivity index (χ0) is 21.6. The number of benzene rings is 2.